The Morgan fingerprint density at radius 1 is 1.43 bits per heavy atom. The molecule has 74 valence electrons. The fourth-order valence-electron chi connectivity index (χ4n) is 1.05. The number of hydrogen-bond acceptors (Lipinski definition) is 4. The summed E-state index contributed by atoms with van der Waals surface area (Å²) in [5.74, 6) is 0.636. The van der Waals surface area contributed by atoms with Gasteiger partial charge in [0.15, 0.2) is 0 Å². The first-order valence-electron chi connectivity index (χ1n) is 3.88. The van der Waals surface area contributed by atoms with Crippen LogP contribution < -0.4 is 4.90 Å². The monoisotopic (exact) mass is 291 g/mol. The van der Waals surface area contributed by atoms with Gasteiger partial charge in [0.1, 0.15) is 9.98 Å². The third kappa shape index (κ3) is 1.71. The van der Waals surface area contributed by atoms with Gasteiger partial charge in [-0.1, -0.05) is 11.6 Å². The Bertz CT molecular complexity index is 483. The van der Waals surface area contributed by atoms with Gasteiger partial charge >= 0.3 is 0 Å². The number of thiophene rings is 1. The van der Waals surface area contributed by atoms with Crippen molar-refractivity contribution in [1.82, 2.24) is 9.97 Å². The van der Waals surface area contributed by atoms with Crippen molar-refractivity contribution in [1.29, 1.82) is 0 Å². The summed E-state index contributed by atoms with van der Waals surface area (Å²) in [5, 5.41) is 1.40. The summed E-state index contributed by atoms with van der Waals surface area (Å²) < 4.78 is 1.01. The zero-order valence-electron chi connectivity index (χ0n) is 7.58. The molecule has 2 rings (SSSR count). The summed E-state index contributed by atoms with van der Waals surface area (Å²) in [7, 11) is 3.78. The molecule has 0 aliphatic heterocycles. The van der Waals surface area contributed by atoms with E-state index in [1.807, 2.05) is 25.1 Å². The number of fused-ring (bicyclic) bond motifs is 1. The predicted molar refractivity (Wildman–Crippen MR) is 64.5 cm³/mol. The third-order valence-electron chi connectivity index (χ3n) is 1.70. The van der Waals surface area contributed by atoms with Gasteiger partial charge in [0.25, 0.3) is 0 Å². The molecule has 0 N–H and O–H groups in total. The van der Waals surface area contributed by atoms with Crippen LogP contribution in [0.3, 0.4) is 0 Å². The van der Waals surface area contributed by atoms with Crippen LogP contribution in [0.1, 0.15) is 0 Å². The van der Waals surface area contributed by atoms with Gasteiger partial charge in [0.2, 0.25) is 5.95 Å². The molecule has 6 heteroatoms. The molecule has 2 aromatic heterocycles. The number of halogens is 2. The van der Waals surface area contributed by atoms with Crippen molar-refractivity contribution >= 4 is 55.0 Å². The van der Waals surface area contributed by atoms with Gasteiger partial charge in [-0.3, -0.25) is 0 Å². The summed E-state index contributed by atoms with van der Waals surface area (Å²) in [6.45, 7) is 0. The summed E-state index contributed by atoms with van der Waals surface area (Å²) in [4.78, 5) is 11.3. The van der Waals surface area contributed by atoms with E-state index in [1.165, 1.54) is 0 Å². The molecule has 0 radical (unpaired) electrons. The highest BCUT2D eigenvalue weighted by atomic mass is 79.9. The van der Waals surface area contributed by atoms with Crippen molar-refractivity contribution in [3.8, 4) is 0 Å². The molecule has 2 heterocycles. The largest absolute Gasteiger partial charge is 0.347 e. The van der Waals surface area contributed by atoms with Gasteiger partial charge in [0.05, 0.1) is 9.17 Å². The molecule has 2 aromatic rings. The molecule has 0 atom stereocenters. The maximum atomic E-state index is 6.03. The molecule has 0 saturated carbocycles. The Morgan fingerprint density at radius 3 is 2.79 bits per heavy atom. The quantitative estimate of drug-likeness (QED) is 0.756. The number of aromatic nitrogens is 2. The van der Waals surface area contributed by atoms with E-state index in [1.54, 1.807) is 11.3 Å². The maximum Gasteiger partial charge on any atom is 0.227 e. The van der Waals surface area contributed by atoms with Crippen LogP contribution in [0.25, 0.3) is 10.2 Å². The van der Waals surface area contributed by atoms with E-state index in [0.29, 0.717) is 11.1 Å². The summed E-state index contributed by atoms with van der Waals surface area (Å²) in [6, 6.07) is 1.93. The Hall–Kier alpha value is -0.390. The predicted octanol–water partition coefficient (Wildman–Crippen LogP) is 3.17. The van der Waals surface area contributed by atoms with Crippen LogP contribution in [0.15, 0.2) is 9.85 Å². The first-order chi connectivity index (χ1) is 6.58. The molecular weight excluding hydrogens is 286 g/mol. The lowest BCUT2D eigenvalue weighted by atomic mass is 10.4. The van der Waals surface area contributed by atoms with Crippen LogP contribution in [-0.4, -0.2) is 24.1 Å². The van der Waals surface area contributed by atoms with Crippen molar-refractivity contribution in [2.45, 2.75) is 0 Å². The minimum absolute atomic E-state index is 0.501. The second kappa shape index (κ2) is 3.64. The topological polar surface area (TPSA) is 29.0 Å². The Morgan fingerprint density at radius 2 is 2.14 bits per heavy atom. The summed E-state index contributed by atoms with van der Waals surface area (Å²) in [5.41, 5.74) is 0. The van der Waals surface area contributed by atoms with Crippen molar-refractivity contribution in [2.75, 3.05) is 19.0 Å². The zero-order chi connectivity index (χ0) is 10.3. The number of anilines is 1. The summed E-state index contributed by atoms with van der Waals surface area (Å²) in [6.07, 6.45) is 0. The first-order valence-corrected chi connectivity index (χ1v) is 5.86. The number of rotatable bonds is 1. The maximum absolute atomic E-state index is 6.03. The van der Waals surface area contributed by atoms with Crippen LogP contribution in [0, 0.1) is 0 Å². The van der Waals surface area contributed by atoms with Gasteiger partial charge in [-0.2, -0.15) is 0 Å². The van der Waals surface area contributed by atoms with Crippen LogP contribution in [-0.2, 0) is 0 Å². The fourth-order valence-corrected chi connectivity index (χ4v) is 2.77. The minimum Gasteiger partial charge on any atom is -0.347 e. The SMILES string of the molecule is CN(C)c1nc(Cl)c2cc(Br)sc2n1. The first kappa shape index (κ1) is 10.1. The number of hydrogen-bond donors (Lipinski definition) is 0. The number of nitrogens with zero attached hydrogens (tertiary/aromatic N) is 3. The van der Waals surface area contributed by atoms with E-state index >= 15 is 0 Å². The molecular formula is C8H7BrClN3S. The lowest BCUT2D eigenvalue weighted by Crippen LogP contribution is -2.12. The Labute approximate surface area is 98.9 Å². The molecule has 0 aromatic carbocycles. The van der Waals surface area contributed by atoms with Gasteiger partial charge in [-0.25, -0.2) is 9.97 Å². The van der Waals surface area contributed by atoms with Crippen molar-refractivity contribution in [3.63, 3.8) is 0 Å². The van der Waals surface area contributed by atoms with Crippen LogP contribution >= 0.6 is 38.9 Å². The molecule has 0 bridgehead atoms. The van der Waals surface area contributed by atoms with E-state index in [-0.39, 0.29) is 0 Å². The standard InChI is InChI=1S/C8H7BrClN3S/c1-13(2)8-11-6(10)4-3-5(9)14-7(4)12-8/h3H,1-2H3. The Balaban J connectivity index is 2.71. The smallest absolute Gasteiger partial charge is 0.227 e. The van der Waals surface area contributed by atoms with Crippen LogP contribution in [0.4, 0.5) is 5.95 Å². The zero-order valence-corrected chi connectivity index (χ0v) is 10.7. The van der Waals surface area contributed by atoms with Gasteiger partial charge in [-0.15, -0.1) is 11.3 Å². The molecule has 0 spiro atoms. The highest BCUT2D eigenvalue weighted by molar-refractivity contribution is 9.11. The second-order valence-electron chi connectivity index (χ2n) is 2.98. The van der Waals surface area contributed by atoms with Gasteiger partial charge < -0.3 is 4.90 Å². The third-order valence-corrected chi connectivity index (χ3v) is 3.52. The van der Waals surface area contributed by atoms with Gasteiger partial charge in [0, 0.05) is 14.1 Å². The molecule has 0 fully saturated rings. The van der Waals surface area contributed by atoms with Crippen molar-refractivity contribution < 1.29 is 0 Å². The van der Waals surface area contributed by atoms with Crippen molar-refractivity contribution in [3.05, 3.63) is 15.0 Å². The highest BCUT2D eigenvalue weighted by Crippen LogP contribution is 2.32. The molecule has 0 amide bonds. The van der Waals surface area contributed by atoms with Crippen molar-refractivity contribution in [2.24, 2.45) is 0 Å². The van der Waals surface area contributed by atoms with E-state index < -0.39 is 0 Å². The molecule has 0 unspecified atom stereocenters. The van der Waals surface area contributed by atoms with Crippen LogP contribution in [0.5, 0.6) is 0 Å². The Kier molecular flexibility index (Phi) is 2.64. The van der Waals surface area contributed by atoms with E-state index in [2.05, 4.69) is 25.9 Å². The molecule has 3 nitrogen and oxygen atoms in total. The molecule has 14 heavy (non-hydrogen) atoms. The normalized spacial score (nSPS) is 10.9. The van der Waals surface area contributed by atoms with Crippen LogP contribution in [0.2, 0.25) is 5.15 Å². The van der Waals surface area contributed by atoms with E-state index in [9.17, 15) is 0 Å². The van der Waals surface area contributed by atoms with E-state index in [0.717, 1.165) is 14.0 Å². The molecule has 0 saturated heterocycles. The van der Waals surface area contributed by atoms with E-state index in [4.69, 9.17) is 11.6 Å². The highest BCUT2D eigenvalue weighted by Gasteiger charge is 2.09. The molecule has 0 aliphatic carbocycles. The van der Waals surface area contributed by atoms with Gasteiger partial charge in [-0.05, 0) is 22.0 Å². The lowest BCUT2D eigenvalue weighted by molar-refractivity contribution is 1.02. The minimum atomic E-state index is 0.501. The lowest BCUT2D eigenvalue weighted by Gasteiger charge is -2.09. The second-order valence-corrected chi connectivity index (χ2v) is 5.75. The average molecular weight is 293 g/mol. The average Bonchev–Trinajstić information content (AvgIpc) is 2.45. The molecule has 0 aliphatic rings. The fraction of sp³-hybridized carbons (Fsp3) is 0.250. The summed E-state index contributed by atoms with van der Waals surface area (Å²) >= 11 is 11.0.